The van der Waals surface area contributed by atoms with E-state index in [0.29, 0.717) is 0 Å². The van der Waals surface area contributed by atoms with Crippen LogP contribution >= 0.6 is 0 Å². The molecule has 1 aliphatic heterocycles. The maximum atomic E-state index is 12.6. The van der Waals surface area contributed by atoms with E-state index in [2.05, 4.69) is 11.9 Å². The van der Waals surface area contributed by atoms with Crippen LogP contribution in [0.2, 0.25) is 0 Å². The Labute approximate surface area is 55.8 Å². The molecule has 0 aromatic carbocycles. The van der Waals surface area contributed by atoms with Crippen LogP contribution in [0.1, 0.15) is 19.3 Å². The number of hydrogen-bond acceptors (Lipinski definition) is 1. The SMILES string of the molecule is CN1CCC[C@@H](F)CC1. The summed E-state index contributed by atoms with van der Waals surface area (Å²) in [5, 5.41) is 0. The van der Waals surface area contributed by atoms with Crippen LogP contribution in [0.4, 0.5) is 4.39 Å². The molecule has 1 fully saturated rings. The zero-order valence-corrected chi connectivity index (χ0v) is 5.94. The highest BCUT2D eigenvalue weighted by molar-refractivity contribution is 4.65. The molecule has 9 heavy (non-hydrogen) atoms. The van der Waals surface area contributed by atoms with Crippen molar-refractivity contribution in [2.45, 2.75) is 25.4 Å². The minimum Gasteiger partial charge on any atom is -0.306 e. The van der Waals surface area contributed by atoms with Crippen LogP contribution in [0.15, 0.2) is 0 Å². The predicted molar refractivity (Wildman–Crippen MR) is 36.2 cm³/mol. The molecule has 0 aromatic heterocycles. The quantitative estimate of drug-likeness (QED) is 0.481. The van der Waals surface area contributed by atoms with Gasteiger partial charge in [-0.05, 0) is 32.9 Å². The van der Waals surface area contributed by atoms with E-state index in [-0.39, 0.29) is 0 Å². The lowest BCUT2D eigenvalue weighted by Crippen LogP contribution is -2.18. The van der Waals surface area contributed by atoms with E-state index in [1.807, 2.05) is 0 Å². The monoisotopic (exact) mass is 131 g/mol. The largest absolute Gasteiger partial charge is 0.306 e. The number of alkyl halides is 1. The Balaban J connectivity index is 2.25. The average Bonchev–Trinajstić information content (AvgIpc) is 1.97. The lowest BCUT2D eigenvalue weighted by atomic mass is 10.2. The van der Waals surface area contributed by atoms with E-state index in [9.17, 15) is 4.39 Å². The highest BCUT2D eigenvalue weighted by atomic mass is 19.1. The first-order valence-corrected chi connectivity index (χ1v) is 3.61. The summed E-state index contributed by atoms with van der Waals surface area (Å²) in [5.74, 6) is 0. The topological polar surface area (TPSA) is 3.24 Å². The number of rotatable bonds is 0. The molecule has 0 aromatic rings. The lowest BCUT2D eigenvalue weighted by Gasteiger charge is -2.10. The average molecular weight is 131 g/mol. The van der Waals surface area contributed by atoms with Crippen molar-refractivity contribution in [1.82, 2.24) is 4.90 Å². The number of hydrogen-bond donors (Lipinski definition) is 0. The molecule has 1 rings (SSSR count). The summed E-state index contributed by atoms with van der Waals surface area (Å²) >= 11 is 0. The second kappa shape index (κ2) is 3.16. The van der Waals surface area contributed by atoms with Gasteiger partial charge in [-0.1, -0.05) is 0 Å². The predicted octanol–water partition coefficient (Wildman–Crippen LogP) is 1.44. The van der Waals surface area contributed by atoms with Gasteiger partial charge < -0.3 is 4.90 Å². The fraction of sp³-hybridized carbons (Fsp3) is 1.00. The van der Waals surface area contributed by atoms with Crippen molar-refractivity contribution in [3.63, 3.8) is 0 Å². The Morgan fingerprint density at radius 2 is 2.11 bits per heavy atom. The van der Waals surface area contributed by atoms with Gasteiger partial charge in [0.1, 0.15) is 6.17 Å². The number of halogens is 1. The molecular formula is C7H14FN. The van der Waals surface area contributed by atoms with Crippen molar-refractivity contribution in [3.8, 4) is 0 Å². The van der Waals surface area contributed by atoms with Crippen molar-refractivity contribution in [1.29, 1.82) is 0 Å². The second-order valence-electron chi connectivity index (χ2n) is 2.83. The van der Waals surface area contributed by atoms with Gasteiger partial charge in [0.05, 0.1) is 0 Å². The minimum atomic E-state index is -0.532. The summed E-state index contributed by atoms with van der Waals surface area (Å²) in [5.41, 5.74) is 0. The summed E-state index contributed by atoms with van der Waals surface area (Å²) in [4.78, 5) is 2.19. The van der Waals surface area contributed by atoms with Crippen LogP contribution in [0, 0.1) is 0 Å². The van der Waals surface area contributed by atoms with Crippen LogP contribution < -0.4 is 0 Å². The van der Waals surface area contributed by atoms with Crippen molar-refractivity contribution >= 4 is 0 Å². The molecule has 1 nitrogen and oxygen atoms in total. The summed E-state index contributed by atoms with van der Waals surface area (Å²) in [7, 11) is 2.05. The van der Waals surface area contributed by atoms with E-state index >= 15 is 0 Å². The number of nitrogens with zero attached hydrogens (tertiary/aromatic N) is 1. The smallest absolute Gasteiger partial charge is 0.101 e. The van der Waals surface area contributed by atoms with Crippen molar-refractivity contribution < 1.29 is 4.39 Å². The highest BCUT2D eigenvalue weighted by Gasteiger charge is 2.12. The third-order valence-electron chi connectivity index (χ3n) is 1.88. The van der Waals surface area contributed by atoms with Gasteiger partial charge in [0.2, 0.25) is 0 Å². The van der Waals surface area contributed by atoms with Crippen molar-refractivity contribution in [2.75, 3.05) is 20.1 Å². The fourth-order valence-corrected chi connectivity index (χ4v) is 1.20. The molecular weight excluding hydrogens is 117 g/mol. The Hall–Kier alpha value is -0.110. The molecule has 54 valence electrons. The van der Waals surface area contributed by atoms with Gasteiger partial charge in [0.15, 0.2) is 0 Å². The maximum absolute atomic E-state index is 12.6. The molecule has 0 spiro atoms. The highest BCUT2D eigenvalue weighted by Crippen LogP contribution is 2.11. The lowest BCUT2D eigenvalue weighted by molar-refractivity contribution is 0.290. The van der Waals surface area contributed by atoms with Gasteiger partial charge in [0.25, 0.3) is 0 Å². The molecule has 1 aliphatic rings. The van der Waals surface area contributed by atoms with E-state index in [0.717, 1.165) is 32.4 Å². The van der Waals surface area contributed by atoms with Gasteiger partial charge in [-0.25, -0.2) is 4.39 Å². The standard InChI is InChI=1S/C7H14FN/c1-9-5-2-3-7(8)4-6-9/h7H,2-6H2,1H3/t7-/m1/s1. The normalized spacial score (nSPS) is 32.0. The first-order chi connectivity index (χ1) is 4.29. The zero-order chi connectivity index (χ0) is 6.69. The van der Waals surface area contributed by atoms with Gasteiger partial charge in [0, 0.05) is 6.54 Å². The first kappa shape index (κ1) is 7.00. The summed E-state index contributed by atoms with van der Waals surface area (Å²) in [6.07, 6.45) is 1.99. The molecule has 0 bridgehead atoms. The second-order valence-corrected chi connectivity index (χ2v) is 2.83. The zero-order valence-electron chi connectivity index (χ0n) is 5.94. The molecule has 0 N–H and O–H groups in total. The molecule has 0 radical (unpaired) electrons. The Morgan fingerprint density at radius 3 is 2.89 bits per heavy atom. The van der Waals surface area contributed by atoms with Gasteiger partial charge in [-0.15, -0.1) is 0 Å². The van der Waals surface area contributed by atoms with Crippen molar-refractivity contribution in [2.24, 2.45) is 0 Å². The Morgan fingerprint density at radius 1 is 1.33 bits per heavy atom. The molecule has 0 unspecified atom stereocenters. The maximum Gasteiger partial charge on any atom is 0.101 e. The first-order valence-electron chi connectivity index (χ1n) is 3.61. The van der Waals surface area contributed by atoms with Gasteiger partial charge in [-0.3, -0.25) is 0 Å². The van der Waals surface area contributed by atoms with Crippen LogP contribution in [0.25, 0.3) is 0 Å². The van der Waals surface area contributed by atoms with Crippen LogP contribution in [0.3, 0.4) is 0 Å². The van der Waals surface area contributed by atoms with E-state index in [4.69, 9.17) is 0 Å². The molecule has 1 heterocycles. The molecule has 1 saturated heterocycles. The van der Waals surface area contributed by atoms with E-state index in [1.165, 1.54) is 0 Å². The number of likely N-dealkylation sites (tertiary alicyclic amines) is 1. The van der Waals surface area contributed by atoms with Crippen LogP contribution in [-0.2, 0) is 0 Å². The summed E-state index contributed by atoms with van der Waals surface area (Å²) < 4.78 is 12.6. The molecule has 0 amide bonds. The third-order valence-corrected chi connectivity index (χ3v) is 1.88. The van der Waals surface area contributed by atoms with Crippen LogP contribution in [-0.4, -0.2) is 31.2 Å². The molecule has 0 saturated carbocycles. The summed E-state index contributed by atoms with van der Waals surface area (Å²) in [6, 6.07) is 0. The molecule has 0 aliphatic carbocycles. The van der Waals surface area contributed by atoms with Gasteiger partial charge >= 0.3 is 0 Å². The van der Waals surface area contributed by atoms with Crippen molar-refractivity contribution in [3.05, 3.63) is 0 Å². The van der Waals surface area contributed by atoms with E-state index in [1.54, 1.807) is 0 Å². The Bertz CT molecular complexity index is 75.0. The minimum absolute atomic E-state index is 0.532. The molecule has 1 atom stereocenters. The van der Waals surface area contributed by atoms with Crippen LogP contribution in [0.5, 0.6) is 0 Å². The summed E-state index contributed by atoms with van der Waals surface area (Å²) in [6.45, 7) is 2.00. The van der Waals surface area contributed by atoms with E-state index < -0.39 is 6.17 Å². The Kier molecular flexibility index (Phi) is 2.46. The third kappa shape index (κ3) is 2.31. The molecule has 2 heteroatoms. The van der Waals surface area contributed by atoms with Gasteiger partial charge in [-0.2, -0.15) is 0 Å². The fourth-order valence-electron chi connectivity index (χ4n) is 1.20.